The van der Waals surface area contributed by atoms with Crippen molar-refractivity contribution in [3.05, 3.63) is 63.6 Å². The molecular formula is C24H31Cl2N3O4S. The van der Waals surface area contributed by atoms with Crippen molar-refractivity contribution in [3.63, 3.8) is 0 Å². The molecule has 0 saturated carbocycles. The number of nitrogens with zero attached hydrogens (tertiary/aromatic N) is 2. The van der Waals surface area contributed by atoms with E-state index in [1.54, 1.807) is 6.92 Å². The van der Waals surface area contributed by atoms with Gasteiger partial charge in [-0.05, 0) is 44.0 Å². The number of rotatable bonds is 11. The topological polar surface area (TPSA) is 86.8 Å². The van der Waals surface area contributed by atoms with Gasteiger partial charge in [-0.2, -0.15) is 0 Å². The second-order valence-corrected chi connectivity index (χ2v) is 11.0. The van der Waals surface area contributed by atoms with E-state index in [1.165, 1.54) is 23.1 Å². The molecule has 0 heterocycles. The third-order valence-corrected chi connectivity index (χ3v) is 6.86. The Bertz CT molecular complexity index is 1090. The van der Waals surface area contributed by atoms with E-state index in [0.29, 0.717) is 6.54 Å². The van der Waals surface area contributed by atoms with Crippen LogP contribution in [0, 0.1) is 6.92 Å². The Morgan fingerprint density at radius 3 is 2.18 bits per heavy atom. The minimum absolute atomic E-state index is 0.148. The van der Waals surface area contributed by atoms with Crippen LogP contribution < -0.4 is 9.62 Å². The summed E-state index contributed by atoms with van der Waals surface area (Å²) in [5.41, 5.74) is 2.06. The number of sulfonamides is 1. The van der Waals surface area contributed by atoms with Crippen LogP contribution in [-0.2, 0) is 26.2 Å². The average Bonchev–Trinajstić information content (AvgIpc) is 2.75. The maximum Gasteiger partial charge on any atom is 0.244 e. The Kier molecular flexibility index (Phi) is 10.2. The van der Waals surface area contributed by atoms with Crippen molar-refractivity contribution >= 4 is 50.7 Å². The van der Waals surface area contributed by atoms with Crippen molar-refractivity contribution in [2.45, 2.75) is 46.2 Å². The van der Waals surface area contributed by atoms with Gasteiger partial charge < -0.3 is 10.2 Å². The Labute approximate surface area is 212 Å². The molecule has 2 aromatic carbocycles. The first-order valence-electron chi connectivity index (χ1n) is 11.0. The van der Waals surface area contributed by atoms with Gasteiger partial charge in [-0.3, -0.25) is 13.9 Å². The molecule has 0 saturated heterocycles. The molecule has 34 heavy (non-hydrogen) atoms. The van der Waals surface area contributed by atoms with E-state index >= 15 is 0 Å². The first-order valence-corrected chi connectivity index (χ1v) is 13.6. The normalized spacial score (nSPS) is 12.2. The summed E-state index contributed by atoms with van der Waals surface area (Å²) in [6.07, 6.45) is 2.74. The van der Waals surface area contributed by atoms with E-state index in [0.717, 1.165) is 34.5 Å². The first-order chi connectivity index (χ1) is 15.9. The lowest BCUT2D eigenvalue weighted by Crippen LogP contribution is -2.51. The minimum atomic E-state index is -3.85. The van der Waals surface area contributed by atoms with Gasteiger partial charge in [0.15, 0.2) is 0 Å². The molecule has 0 bridgehead atoms. The molecule has 0 spiro atoms. The van der Waals surface area contributed by atoms with Gasteiger partial charge in [-0.1, -0.05) is 66.4 Å². The van der Waals surface area contributed by atoms with Gasteiger partial charge in [0.1, 0.15) is 12.6 Å². The number of aryl methyl sites for hydroxylation is 1. The Hall–Kier alpha value is -2.29. The highest BCUT2D eigenvalue weighted by molar-refractivity contribution is 7.92. The highest BCUT2D eigenvalue weighted by atomic mass is 35.5. The van der Waals surface area contributed by atoms with Gasteiger partial charge in [0, 0.05) is 23.1 Å². The predicted octanol–water partition coefficient (Wildman–Crippen LogP) is 4.40. The van der Waals surface area contributed by atoms with E-state index in [4.69, 9.17) is 23.2 Å². The Morgan fingerprint density at radius 2 is 1.65 bits per heavy atom. The predicted molar refractivity (Wildman–Crippen MR) is 138 cm³/mol. The first kappa shape index (κ1) is 28.0. The van der Waals surface area contributed by atoms with Gasteiger partial charge in [0.25, 0.3) is 0 Å². The summed E-state index contributed by atoms with van der Waals surface area (Å²) in [5, 5.41) is 3.32. The van der Waals surface area contributed by atoms with Crippen molar-refractivity contribution in [1.29, 1.82) is 0 Å². The van der Waals surface area contributed by atoms with Crippen LogP contribution >= 0.6 is 23.2 Å². The maximum absolute atomic E-state index is 13.5. The second-order valence-electron chi connectivity index (χ2n) is 8.23. The highest BCUT2D eigenvalue weighted by Gasteiger charge is 2.30. The fourth-order valence-electron chi connectivity index (χ4n) is 3.31. The molecule has 1 atom stereocenters. The minimum Gasteiger partial charge on any atom is -0.354 e. The number of nitrogens with one attached hydrogen (secondary N) is 1. The molecule has 186 valence electrons. The molecule has 2 rings (SSSR count). The van der Waals surface area contributed by atoms with Crippen molar-refractivity contribution in [2.24, 2.45) is 0 Å². The number of anilines is 1. The third kappa shape index (κ3) is 8.18. The van der Waals surface area contributed by atoms with Gasteiger partial charge in [0.2, 0.25) is 21.8 Å². The summed E-state index contributed by atoms with van der Waals surface area (Å²) >= 11 is 12.1. The fraction of sp³-hybridized carbons (Fsp3) is 0.417. The molecule has 0 aliphatic heterocycles. The summed E-state index contributed by atoms with van der Waals surface area (Å²) in [6, 6.07) is 11.1. The zero-order chi connectivity index (χ0) is 25.5. The van der Waals surface area contributed by atoms with Crippen molar-refractivity contribution in [3.8, 4) is 0 Å². The van der Waals surface area contributed by atoms with Crippen molar-refractivity contribution < 1.29 is 18.0 Å². The molecule has 10 heteroatoms. The number of halogens is 2. The van der Waals surface area contributed by atoms with E-state index in [2.05, 4.69) is 5.32 Å². The van der Waals surface area contributed by atoms with Crippen LogP contribution in [0.5, 0.6) is 0 Å². The number of carbonyl (C=O) groups excluding carboxylic acids is 2. The van der Waals surface area contributed by atoms with Crippen LogP contribution in [0.1, 0.15) is 37.8 Å². The lowest BCUT2D eigenvalue weighted by Gasteiger charge is -2.31. The number of carbonyl (C=O) groups is 2. The lowest BCUT2D eigenvalue weighted by molar-refractivity contribution is -0.139. The molecule has 1 unspecified atom stereocenters. The van der Waals surface area contributed by atoms with Crippen molar-refractivity contribution in [2.75, 3.05) is 23.7 Å². The monoisotopic (exact) mass is 527 g/mol. The van der Waals surface area contributed by atoms with Crippen LogP contribution in [0.3, 0.4) is 0 Å². The smallest absolute Gasteiger partial charge is 0.244 e. The zero-order valence-electron chi connectivity index (χ0n) is 19.8. The van der Waals surface area contributed by atoms with E-state index in [9.17, 15) is 18.0 Å². The number of amides is 2. The zero-order valence-corrected chi connectivity index (χ0v) is 22.2. The van der Waals surface area contributed by atoms with Crippen LogP contribution in [0.15, 0.2) is 42.5 Å². The number of unbranched alkanes of at least 4 members (excludes halogenated alkanes) is 1. The van der Waals surface area contributed by atoms with Gasteiger partial charge >= 0.3 is 0 Å². The van der Waals surface area contributed by atoms with Gasteiger partial charge in [0.05, 0.1) is 11.9 Å². The quantitative estimate of drug-likeness (QED) is 0.438. The van der Waals surface area contributed by atoms with Crippen LogP contribution in [0.2, 0.25) is 10.0 Å². The molecule has 2 amide bonds. The summed E-state index contributed by atoms with van der Waals surface area (Å²) < 4.78 is 26.1. The van der Waals surface area contributed by atoms with E-state index in [-0.39, 0.29) is 28.2 Å². The number of hydrogen-bond donors (Lipinski definition) is 1. The Morgan fingerprint density at radius 1 is 1.06 bits per heavy atom. The largest absolute Gasteiger partial charge is 0.354 e. The number of benzene rings is 2. The molecule has 1 N–H and O–H groups in total. The van der Waals surface area contributed by atoms with E-state index in [1.807, 2.05) is 38.1 Å². The molecule has 7 nitrogen and oxygen atoms in total. The molecule has 0 radical (unpaired) electrons. The summed E-state index contributed by atoms with van der Waals surface area (Å²) in [6.45, 7) is 5.75. The van der Waals surface area contributed by atoms with Crippen LogP contribution in [0.4, 0.5) is 5.69 Å². The molecule has 2 aromatic rings. The molecular weight excluding hydrogens is 497 g/mol. The van der Waals surface area contributed by atoms with Gasteiger partial charge in [-0.25, -0.2) is 8.42 Å². The standard InChI is InChI=1S/C24H31Cl2N3O4S/c1-5-6-11-27-24(31)18(3)28(15-19-9-7-17(2)8-10-19)23(30)16-29(34(4,32)33)22-13-20(25)12-21(26)14-22/h7-10,12-14,18H,5-6,11,15-16H2,1-4H3,(H,27,31). The second kappa shape index (κ2) is 12.4. The highest BCUT2D eigenvalue weighted by Crippen LogP contribution is 2.27. The molecule has 0 fully saturated rings. The lowest BCUT2D eigenvalue weighted by atomic mass is 10.1. The van der Waals surface area contributed by atoms with E-state index < -0.39 is 28.5 Å². The SMILES string of the molecule is CCCCNC(=O)C(C)N(Cc1ccc(C)cc1)C(=O)CN(c1cc(Cl)cc(Cl)c1)S(C)(=O)=O. The third-order valence-electron chi connectivity index (χ3n) is 5.28. The average molecular weight is 529 g/mol. The summed E-state index contributed by atoms with van der Waals surface area (Å²) in [4.78, 5) is 27.6. The van der Waals surface area contributed by atoms with Gasteiger partial charge in [-0.15, -0.1) is 0 Å². The van der Waals surface area contributed by atoms with Crippen molar-refractivity contribution in [1.82, 2.24) is 10.2 Å². The maximum atomic E-state index is 13.5. The summed E-state index contributed by atoms with van der Waals surface area (Å²) in [7, 11) is -3.85. The Balaban J connectivity index is 2.37. The van der Waals surface area contributed by atoms with Crippen LogP contribution in [-0.4, -0.2) is 50.5 Å². The molecule has 0 aliphatic carbocycles. The molecule has 0 aromatic heterocycles. The van der Waals surface area contributed by atoms with Crippen LogP contribution in [0.25, 0.3) is 0 Å². The summed E-state index contributed by atoms with van der Waals surface area (Å²) in [5.74, 6) is -0.828. The fourth-order valence-corrected chi connectivity index (χ4v) is 4.65. The number of hydrogen-bond acceptors (Lipinski definition) is 4. The molecule has 0 aliphatic rings.